The minimum Gasteiger partial charge on any atom is -0.505 e. The van der Waals surface area contributed by atoms with Crippen LogP contribution in [-0.4, -0.2) is 53.2 Å². The van der Waals surface area contributed by atoms with E-state index in [1.165, 1.54) is 48.5 Å². The van der Waals surface area contributed by atoms with Crippen LogP contribution in [0.5, 0.6) is 5.75 Å². The highest BCUT2D eigenvalue weighted by atomic mass is 32.2. The molecule has 46 heavy (non-hydrogen) atoms. The molecule has 16 nitrogen and oxygen atoms in total. The van der Waals surface area contributed by atoms with Crippen LogP contribution in [0, 0.1) is 0 Å². The second-order valence-electron chi connectivity index (χ2n) is 9.56. The molecular formula is C28H19N5O11S2. The quantitative estimate of drug-likeness (QED) is 0.0632. The number of carbonyl (C=O) groups is 2. The number of rotatable bonds is 8. The van der Waals surface area contributed by atoms with Gasteiger partial charge in [-0.1, -0.05) is 12.1 Å². The van der Waals surface area contributed by atoms with Crippen LogP contribution < -0.4 is 5.73 Å². The van der Waals surface area contributed by atoms with Crippen LogP contribution in [0.3, 0.4) is 0 Å². The second-order valence-corrected chi connectivity index (χ2v) is 12.4. The lowest BCUT2D eigenvalue weighted by molar-refractivity contribution is 0.0686. The molecule has 0 bridgehead atoms. The summed E-state index contributed by atoms with van der Waals surface area (Å²) in [5.41, 5.74) is 4.40. The number of aromatic hydroxyl groups is 1. The van der Waals surface area contributed by atoms with Gasteiger partial charge in [-0.15, -0.1) is 20.5 Å². The van der Waals surface area contributed by atoms with Crippen molar-refractivity contribution >= 4 is 82.2 Å². The standard InChI is InChI=1S/C28H19N5O11S2/c29-15-3-1-13-10-24(46(42,43)44)25(26(34)18(13)11-15)33-32-21-7-8-22(19-9-14(27(35)36)2-5-17(19)21)30-31-23-6-4-16(45(39,40)41)12-20(23)28(37)38/h1-12,34H,29H2,(H,35,36)(H,37,38)(H,39,40,41)(H,42,43,44)/b31-30+,33-32+. The fraction of sp³-hybridized carbons (Fsp3) is 0. The lowest BCUT2D eigenvalue weighted by Crippen LogP contribution is -2.02. The van der Waals surface area contributed by atoms with Crippen molar-refractivity contribution in [2.75, 3.05) is 5.73 Å². The number of azo groups is 2. The van der Waals surface area contributed by atoms with Gasteiger partial charge in [0.1, 0.15) is 16.3 Å². The summed E-state index contributed by atoms with van der Waals surface area (Å²) in [5.74, 6) is -3.51. The Morgan fingerprint density at radius 2 is 1.26 bits per heavy atom. The van der Waals surface area contributed by atoms with Crippen LogP contribution >= 0.6 is 0 Å². The van der Waals surface area contributed by atoms with E-state index in [-0.39, 0.29) is 49.9 Å². The van der Waals surface area contributed by atoms with Crippen LogP contribution in [0.2, 0.25) is 0 Å². The van der Waals surface area contributed by atoms with Crippen molar-refractivity contribution in [2.24, 2.45) is 20.5 Å². The largest absolute Gasteiger partial charge is 0.505 e. The third-order valence-corrected chi connectivity index (χ3v) is 8.31. The zero-order chi connectivity index (χ0) is 33.6. The van der Waals surface area contributed by atoms with E-state index in [1.54, 1.807) is 0 Å². The van der Waals surface area contributed by atoms with Crippen LogP contribution in [0.25, 0.3) is 21.5 Å². The van der Waals surface area contributed by atoms with E-state index in [2.05, 4.69) is 20.5 Å². The topological polar surface area (TPSA) is 279 Å². The summed E-state index contributed by atoms with van der Waals surface area (Å²) < 4.78 is 66.3. The first-order chi connectivity index (χ1) is 21.5. The normalized spacial score (nSPS) is 12.4. The summed E-state index contributed by atoms with van der Waals surface area (Å²) in [6, 6.07) is 14.4. The number of hydrogen-bond acceptors (Lipinski definition) is 12. The van der Waals surface area contributed by atoms with Crippen LogP contribution in [0.4, 0.5) is 28.4 Å². The first-order valence-electron chi connectivity index (χ1n) is 12.6. The predicted octanol–water partition coefficient (Wildman–Crippen LogP) is 6.00. The first kappa shape index (κ1) is 31.6. The van der Waals surface area contributed by atoms with Crippen LogP contribution in [-0.2, 0) is 20.2 Å². The van der Waals surface area contributed by atoms with E-state index in [0.29, 0.717) is 6.07 Å². The Morgan fingerprint density at radius 3 is 1.89 bits per heavy atom. The van der Waals surface area contributed by atoms with Crippen molar-refractivity contribution < 1.29 is 50.8 Å². The maximum Gasteiger partial charge on any atom is 0.338 e. The molecule has 5 rings (SSSR count). The van der Waals surface area contributed by atoms with Crippen molar-refractivity contribution in [3.8, 4) is 5.75 Å². The molecule has 0 atom stereocenters. The number of carboxylic acids is 2. The number of phenols is 1. The number of fused-ring (bicyclic) bond motifs is 2. The third kappa shape index (κ3) is 6.21. The van der Waals surface area contributed by atoms with Gasteiger partial charge in [0.2, 0.25) is 0 Å². The number of nitrogen functional groups attached to an aromatic ring is 1. The fourth-order valence-corrected chi connectivity index (χ4v) is 5.59. The van der Waals surface area contributed by atoms with Crippen LogP contribution in [0.15, 0.2) is 103 Å². The highest BCUT2D eigenvalue weighted by Gasteiger charge is 2.23. The van der Waals surface area contributed by atoms with Crippen molar-refractivity contribution in [3.05, 3.63) is 83.9 Å². The molecule has 0 aliphatic carbocycles. The maximum atomic E-state index is 12.2. The Labute approximate surface area is 258 Å². The Bertz CT molecular complexity index is 2410. The Hall–Kier alpha value is -5.82. The second kappa shape index (κ2) is 11.6. The summed E-state index contributed by atoms with van der Waals surface area (Å²) >= 11 is 0. The monoisotopic (exact) mass is 665 g/mol. The van der Waals surface area contributed by atoms with Crippen molar-refractivity contribution in [3.63, 3.8) is 0 Å². The summed E-state index contributed by atoms with van der Waals surface area (Å²) in [6.07, 6.45) is 0. The fourth-order valence-electron chi connectivity index (χ4n) is 4.42. The molecule has 18 heteroatoms. The molecule has 0 aliphatic heterocycles. The molecule has 5 aromatic carbocycles. The molecule has 0 amide bonds. The molecule has 7 N–H and O–H groups in total. The molecule has 5 aromatic rings. The van der Waals surface area contributed by atoms with E-state index in [4.69, 9.17) is 5.73 Å². The van der Waals surface area contributed by atoms with Gasteiger partial charge < -0.3 is 21.1 Å². The van der Waals surface area contributed by atoms with E-state index in [0.717, 1.165) is 18.2 Å². The first-order valence-corrected chi connectivity index (χ1v) is 15.4. The van der Waals surface area contributed by atoms with Gasteiger partial charge in [-0.3, -0.25) is 9.11 Å². The SMILES string of the molecule is Nc1ccc2cc(S(=O)(=O)O)c(/N=N/c3ccc(/N=N/c4ccc(S(=O)(=O)O)cc4C(=O)O)c4cc(C(=O)O)ccc34)c(O)c2c1. The van der Waals surface area contributed by atoms with E-state index < -0.39 is 59.0 Å². The molecule has 0 saturated heterocycles. The molecule has 0 aliphatic rings. The number of hydrogen-bond donors (Lipinski definition) is 6. The molecule has 0 radical (unpaired) electrons. The average Bonchev–Trinajstić information content (AvgIpc) is 2.98. The third-order valence-electron chi connectivity index (χ3n) is 6.59. The van der Waals surface area contributed by atoms with E-state index >= 15 is 0 Å². The van der Waals surface area contributed by atoms with Gasteiger partial charge in [0.25, 0.3) is 20.2 Å². The number of benzene rings is 5. The summed E-state index contributed by atoms with van der Waals surface area (Å²) in [4.78, 5) is 22.0. The molecule has 0 heterocycles. The van der Waals surface area contributed by atoms with Gasteiger partial charge in [0.15, 0.2) is 5.75 Å². The number of phenolic OH excluding ortho intramolecular Hbond substituents is 1. The van der Waals surface area contributed by atoms with E-state index in [9.17, 15) is 50.8 Å². The van der Waals surface area contributed by atoms with Crippen LogP contribution in [0.1, 0.15) is 20.7 Å². The summed E-state index contributed by atoms with van der Waals surface area (Å²) in [5, 5.41) is 46.5. The van der Waals surface area contributed by atoms with Crippen molar-refractivity contribution in [1.29, 1.82) is 0 Å². The number of nitrogens with two attached hydrogens (primary N) is 1. The lowest BCUT2D eigenvalue weighted by atomic mass is 10.0. The van der Waals surface area contributed by atoms with Gasteiger partial charge in [0.05, 0.1) is 27.4 Å². The number of nitrogens with zero attached hydrogens (tertiary/aromatic N) is 4. The number of anilines is 1. The molecule has 0 fully saturated rings. The van der Waals surface area contributed by atoms with Gasteiger partial charge >= 0.3 is 11.9 Å². The Balaban J connectivity index is 1.66. The number of aromatic carboxylic acids is 2. The van der Waals surface area contributed by atoms with E-state index in [1.807, 2.05) is 0 Å². The van der Waals surface area contributed by atoms with Gasteiger partial charge in [-0.2, -0.15) is 16.8 Å². The molecule has 0 unspecified atom stereocenters. The molecule has 0 spiro atoms. The zero-order valence-electron chi connectivity index (χ0n) is 22.8. The zero-order valence-corrected chi connectivity index (χ0v) is 24.4. The van der Waals surface area contributed by atoms with Gasteiger partial charge in [-0.05, 0) is 66.0 Å². The smallest absolute Gasteiger partial charge is 0.338 e. The van der Waals surface area contributed by atoms with Crippen molar-refractivity contribution in [1.82, 2.24) is 0 Å². The molecule has 234 valence electrons. The highest BCUT2D eigenvalue weighted by Crippen LogP contribution is 2.43. The highest BCUT2D eigenvalue weighted by molar-refractivity contribution is 7.86. The lowest BCUT2D eigenvalue weighted by Gasteiger charge is -2.10. The predicted molar refractivity (Wildman–Crippen MR) is 162 cm³/mol. The molecule has 0 aromatic heterocycles. The molecular weight excluding hydrogens is 646 g/mol. The Kier molecular flexibility index (Phi) is 7.97. The van der Waals surface area contributed by atoms with Gasteiger partial charge in [0, 0.05) is 21.8 Å². The average molecular weight is 666 g/mol. The minimum absolute atomic E-state index is 0.00916. The summed E-state index contributed by atoms with van der Waals surface area (Å²) in [6.45, 7) is 0. The number of carboxylic acid groups (broad SMARTS) is 2. The van der Waals surface area contributed by atoms with Crippen molar-refractivity contribution in [2.45, 2.75) is 9.79 Å². The Morgan fingerprint density at radius 1 is 0.630 bits per heavy atom. The van der Waals surface area contributed by atoms with Gasteiger partial charge in [-0.25, -0.2) is 9.59 Å². The summed E-state index contributed by atoms with van der Waals surface area (Å²) in [7, 11) is -9.63. The minimum atomic E-state index is -4.91. The maximum absolute atomic E-state index is 12.2. The molecule has 0 saturated carbocycles.